The van der Waals surface area contributed by atoms with E-state index in [1.54, 1.807) is 0 Å². The molecule has 0 unspecified atom stereocenters. The van der Waals surface area contributed by atoms with E-state index in [4.69, 9.17) is 5.73 Å². The number of hydrogen-bond donors (Lipinski definition) is 1. The third-order valence-electron chi connectivity index (χ3n) is 3.46. The summed E-state index contributed by atoms with van der Waals surface area (Å²) < 4.78 is 0. The van der Waals surface area contributed by atoms with Gasteiger partial charge in [-0.1, -0.05) is 63.8 Å². The quantitative estimate of drug-likeness (QED) is 0.712. The van der Waals surface area contributed by atoms with Gasteiger partial charge in [0.05, 0.1) is 0 Å². The zero-order chi connectivity index (χ0) is 12.5. The first kappa shape index (κ1) is 14.2. The minimum Gasteiger partial charge on any atom is -0.326 e. The van der Waals surface area contributed by atoms with Crippen molar-refractivity contribution in [3.63, 3.8) is 0 Å². The maximum absolute atomic E-state index is 5.67. The van der Waals surface area contributed by atoms with Crippen LogP contribution in [0.25, 0.3) is 0 Å². The van der Waals surface area contributed by atoms with Crippen molar-refractivity contribution in [2.24, 2.45) is 11.7 Å². The van der Waals surface area contributed by atoms with Crippen LogP contribution in [0.3, 0.4) is 0 Å². The highest BCUT2D eigenvalue weighted by atomic mass is 14.5. The Labute approximate surface area is 106 Å². The molecule has 1 nitrogen and oxygen atoms in total. The van der Waals surface area contributed by atoms with E-state index in [1.165, 1.54) is 49.7 Å². The van der Waals surface area contributed by atoms with E-state index in [0.29, 0.717) is 6.54 Å². The average molecular weight is 233 g/mol. The van der Waals surface area contributed by atoms with Crippen LogP contribution in [0.1, 0.15) is 57.1 Å². The van der Waals surface area contributed by atoms with Crippen LogP contribution >= 0.6 is 0 Å². The number of aryl methyl sites for hydroxylation is 1. The first-order valence-corrected chi connectivity index (χ1v) is 7.08. The van der Waals surface area contributed by atoms with Crippen molar-refractivity contribution in [3.8, 4) is 0 Å². The SMILES string of the molecule is CCCC(CCC)CCc1cccc(CN)c1. The van der Waals surface area contributed by atoms with E-state index in [-0.39, 0.29) is 0 Å². The fourth-order valence-electron chi connectivity index (χ4n) is 2.53. The molecule has 0 aliphatic heterocycles. The lowest BCUT2D eigenvalue weighted by atomic mass is 9.91. The molecule has 0 aliphatic carbocycles. The molecule has 0 radical (unpaired) electrons. The Balaban J connectivity index is 2.46. The number of rotatable bonds is 8. The summed E-state index contributed by atoms with van der Waals surface area (Å²) in [6, 6.07) is 8.73. The van der Waals surface area contributed by atoms with Crippen molar-refractivity contribution in [2.75, 3.05) is 0 Å². The summed E-state index contributed by atoms with van der Waals surface area (Å²) in [5.41, 5.74) is 8.37. The zero-order valence-corrected chi connectivity index (χ0v) is 11.4. The van der Waals surface area contributed by atoms with Crippen molar-refractivity contribution >= 4 is 0 Å². The Hall–Kier alpha value is -0.820. The van der Waals surface area contributed by atoms with Crippen molar-refractivity contribution in [3.05, 3.63) is 35.4 Å². The van der Waals surface area contributed by atoms with Crippen LogP contribution in [0.5, 0.6) is 0 Å². The molecule has 2 N–H and O–H groups in total. The largest absolute Gasteiger partial charge is 0.326 e. The number of hydrogen-bond acceptors (Lipinski definition) is 1. The van der Waals surface area contributed by atoms with E-state index in [2.05, 4.69) is 38.1 Å². The van der Waals surface area contributed by atoms with Gasteiger partial charge in [-0.05, 0) is 29.9 Å². The Morgan fingerprint density at radius 3 is 2.24 bits per heavy atom. The summed E-state index contributed by atoms with van der Waals surface area (Å²) in [5, 5.41) is 0. The van der Waals surface area contributed by atoms with Gasteiger partial charge in [0.1, 0.15) is 0 Å². The molecule has 1 aromatic rings. The normalized spacial score (nSPS) is 11.1. The molecule has 0 fully saturated rings. The molecule has 1 aromatic carbocycles. The standard InChI is InChI=1S/C16H27N/c1-3-6-14(7-4-2)10-11-15-8-5-9-16(12-15)13-17/h5,8-9,12,14H,3-4,6-7,10-11,13,17H2,1-2H3. The molecule has 0 aromatic heterocycles. The third kappa shape index (κ3) is 5.36. The Morgan fingerprint density at radius 2 is 1.65 bits per heavy atom. The third-order valence-corrected chi connectivity index (χ3v) is 3.46. The van der Waals surface area contributed by atoms with Crippen LogP contribution in [0.15, 0.2) is 24.3 Å². The lowest BCUT2D eigenvalue weighted by molar-refractivity contribution is 0.411. The highest BCUT2D eigenvalue weighted by Crippen LogP contribution is 2.20. The van der Waals surface area contributed by atoms with Gasteiger partial charge in [0.2, 0.25) is 0 Å². The number of nitrogens with two attached hydrogens (primary N) is 1. The van der Waals surface area contributed by atoms with Crippen LogP contribution in [0.2, 0.25) is 0 Å². The van der Waals surface area contributed by atoms with Crippen molar-refractivity contribution in [1.29, 1.82) is 0 Å². The summed E-state index contributed by atoms with van der Waals surface area (Å²) >= 11 is 0. The van der Waals surface area contributed by atoms with Crippen molar-refractivity contribution < 1.29 is 0 Å². The molecule has 1 heteroatoms. The van der Waals surface area contributed by atoms with Gasteiger partial charge in [0.25, 0.3) is 0 Å². The van der Waals surface area contributed by atoms with E-state index in [1.807, 2.05) is 0 Å². The molecule has 0 atom stereocenters. The van der Waals surface area contributed by atoms with E-state index < -0.39 is 0 Å². The van der Waals surface area contributed by atoms with Gasteiger partial charge < -0.3 is 5.73 Å². The van der Waals surface area contributed by atoms with Gasteiger partial charge in [-0.2, -0.15) is 0 Å². The van der Waals surface area contributed by atoms with E-state index in [9.17, 15) is 0 Å². The van der Waals surface area contributed by atoms with Gasteiger partial charge in [0, 0.05) is 6.54 Å². The summed E-state index contributed by atoms with van der Waals surface area (Å²) in [6.45, 7) is 5.23. The van der Waals surface area contributed by atoms with Gasteiger partial charge in [-0.3, -0.25) is 0 Å². The molecule has 17 heavy (non-hydrogen) atoms. The maximum atomic E-state index is 5.67. The Kier molecular flexibility index (Phi) is 6.95. The predicted octanol–water partition coefficient (Wildman–Crippen LogP) is 4.29. The first-order valence-electron chi connectivity index (χ1n) is 7.08. The number of benzene rings is 1. The Bertz CT molecular complexity index is 300. The topological polar surface area (TPSA) is 26.0 Å². The molecular formula is C16H27N. The minimum absolute atomic E-state index is 0.654. The lowest BCUT2D eigenvalue weighted by Gasteiger charge is -2.15. The molecule has 0 aliphatic rings. The van der Waals surface area contributed by atoms with E-state index in [0.717, 1.165) is 5.92 Å². The minimum atomic E-state index is 0.654. The van der Waals surface area contributed by atoms with Crippen LogP contribution in [-0.2, 0) is 13.0 Å². The van der Waals surface area contributed by atoms with Crippen molar-refractivity contribution in [2.45, 2.75) is 58.9 Å². The van der Waals surface area contributed by atoms with Crippen LogP contribution in [-0.4, -0.2) is 0 Å². The molecule has 96 valence electrons. The van der Waals surface area contributed by atoms with Gasteiger partial charge in [0.15, 0.2) is 0 Å². The summed E-state index contributed by atoms with van der Waals surface area (Å²) in [4.78, 5) is 0. The second-order valence-electron chi connectivity index (χ2n) is 5.01. The molecular weight excluding hydrogens is 206 g/mol. The van der Waals surface area contributed by atoms with Crippen LogP contribution in [0, 0.1) is 5.92 Å². The predicted molar refractivity (Wildman–Crippen MR) is 76.0 cm³/mol. The summed E-state index contributed by atoms with van der Waals surface area (Å²) in [5.74, 6) is 0.909. The molecule has 0 spiro atoms. The molecule has 0 saturated heterocycles. The van der Waals surface area contributed by atoms with E-state index >= 15 is 0 Å². The zero-order valence-electron chi connectivity index (χ0n) is 11.4. The molecule has 0 bridgehead atoms. The fraction of sp³-hybridized carbons (Fsp3) is 0.625. The van der Waals surface area contributed by atoms with Crippen LogP contribution < -0.4 is 5.73 Å². The second kappa shape index (κ2) is 8.30. The molecule has 1 rings (SSSR count). The van der Waals surface area contributed by atoms with Gasteiger partial charge in [-0.15, -0.1) is 0 Å². The Morgan fingerprint density at radius 1 is 1.00 bits per heavy atom. The fourth-order valence-corrected chi connectivity index (χ4v) is 2.53. The molecule has 0 heterocycles. The average Bonchev–Trinajstić information content (AvgIpc) is 2.37. The highest BCUT2D eigenvalue weighted by molar-refractivity contribution is 5.23. The summed E-state index contributed by atoms with van der Waals surface area (Å²) in [6.07, 6.45) is 7.92. The van der Waals surface area contributed by atoms with Crippen LogP contribution in [0.4, 0.5) is 0 Å². The molecule has 0 saturated carbocycles. The highest BCUT2D eigenvalue weighted by Gasteiger charge is 2.07. The van der Waals surface area contributed by atoms with Crippen molar-refractivity contribution in [1.82, 2.24) is 0 Å². The van der Waals surface area contributed by atoms with Gasteiger partial charge >= 0.3 is 0 Å². The summed E-state index contributed by atoms with van der Waals surface area (Å²) in [7, 11) is 0. The monoisotopic (exact) mass is 233 g/mol. The lowest BCUT2D eigenvalue weighted by Crippen LogP contribution is -2.03. The first-order chi connectivity index (χ1) is 8.30. The smallest absolute Gasteiger partial charge is 0.0178 e. The second-order valence-corrected chi connectivity index (χ2v) is 5.01. The maximum Gasteiger partial charge on any atom is 0.0178 e. The molecule has 0 amide bonds. The van der Waals surface area contributed by atoms with Gasteiger partial charge in [-0.25, -0.2) is 0 Å².